The lowest BCUT2D eigenvalue weighted by atomic mass is 9.98. The smallest absolute Gasteiger partial charge is 0.358 e. The Morgan fingerprint density at radius 1 is 1.00 bits per heavy atom. The normalized spacial score (nSPS) is 17.7. The summed E-state index contributed by atoms with van der Waals surface area (Å²) in [5.74, 6) is -3.61. The number of halogens is 5. The van der Waals surface area contributed by atoms with Crippen LogP contribution in [0.2, 0.25) is 5.02 Å². The summed E-state index contributed by atoms with van der Waals surface area (Å²) >= 11 is 5.99. The van der Waals surface area contributed by atoms with Crippen LogP contribution in [0.15, 0.2) is 48.5 Å². The Balaban J connectivity index is 1.83. The van der Waals surface area contributed by atoms with Crippen LogP contribution in [0.5, 0.6) is 0 Å². The average molecular weight is 585 g/mol. The maximum absolute atomic E-state index is 13.7. The highest BCUT2D eigenvalue weighted by Gasteiger charge is 2.43. The molecule has 1 heterocycles. The van der Waals surface area contributed by atoms with Crippen molar-refractivity contribution < 1.29 is 31.9 Å². The fraction of sp³-hybridized carbons (Fsp3) is 0.464. The standard InChI is InChI=1S/C28H33ClF4N4O3/c1-3-4-22-17-36(24(25(38)34-2)16-19-5-9-20(29)10-6-19)13-14-37(22)26(39)23(35-27(40)28(31,32)33)15-18-7-11-21(30)12-8-18/h5-12,22-24H,3-4,13-17H2,1-2H3,(H,34,38)(H,35,40). The van der Waals surface area contributed by atoms with Crippen molar-refractivity contribution in [3.63, 3.8) is 0 Å². The van der Waals surface area contributed by atoms with E-state index in [1.807, 2.05) is 29.3 Å². The molecule has 12 heteroatoms. The van der Waals surface area contributed by atoms with Crippen LogP contribution in [-0.2, 0) is 27.2 Å². The van der Waals surface area contributed by atoms with Gasteiger partial charge in [0.2, 0.25) is 11.8 Å². The summed E-state index contributed by atoms with van der Waals surface area (Å²) < 4.78 is 52.7. The number of hydrogen-bond donors (Lipinski definition) is 2. The monoisotopic (exact) mass is 584 g/mol. The highest BCUT2D eigenvalue weighted by Crippen LogP contribution is 2.23. The van der Waals surface area contributed by atoms with Gasteiger partial charge in [-0.05, 0) is 48.2 Å². The van der Waals surface area contributed by atoms with E-state index < -0.39 is 41.9 Å². The van der Waals surface area contributed by atoms with Crippen LogP contribution in [0.25, 0.3) is 0 Å². The molecule has 3 rings (SSSR count). The molecule has 1 aliphatic rings. The van der Waals surface area contributed by atoms with Crippen molar-refractivity contribution in [3.8, 4) is 0 Å². The van der Waals surface area contributed by atoms with E-state index in [0.29, 0.717) is 42.9 Å². The number of benzene rings is 2. The van der Waals surface area contributed by atoms with Crippen molar-refractivity contribution in [1.82, 2.24) is 20.4 Å². The summed E-state index contributed by atoms with van der Waals surface area (Å²) in [5.41, 5.74) is 1.30. The number of nitrogens with one attached hydrogen (secondary N) is 2. The van der Waals surface area contributed by atoms with Gasteiger partial charge < -0.3 is 15.5 Å². The van der Waals surface area contributed by atoms with Gasteiger partial charge in [-0.15, -0.1) is 0 Å². The summed E-state index contributed by atoms with van der Waals surface area (Å²) in [6.45, 7) is 2.70. The van der Waals surface area contributed by atoms with E-state index >= 15 is 0 Å². The number of likely N-dealkylation sites (N-methyl/N-ethyl adjacent to an activating group) is 1. The molecule has 3 atom stereocenters. The molecule has 0 aromatic heterocycles. The van der Waals surface area contributed by atoms with Crippen molar-refractivity contribution in [2.45, 2.75) is 56.9 Å². The summed E-state index contributed by atoms with van der Waals surface area (Å²) in [6, 6.07) is 9.72. The van der Waals surface area contributed by atoms with Gasteiger partial charge in [-0.3, -0.25) is 19.3 Å². The second-order valence-electron chi connectivity index (χ2n) is 9.78. The Bertz CT molecular complexity index is 1160. The minimum atomic E-state index is -5.18. The molecule has 2 aromatic rings. The van der Waals surface area contributed by atoms with Gasteiger partial charge in [-0.1, -0.05) is 49.2 Å². The molecule has 1 aliphatic heterocycles. The minimum absolute atomic E-state index is 0.152. The van der Waals surface area contributed by atoms with Crippen LogP contribution in [-0.4, -0.2) is 78.5 Å². The third-order valence-electron chi connectivity index (χ3n) is 6.97. The van der Waals surface area contributed by atoms with Gasteiger partial charge >= 0.3 is 12.1 Å². The lowest BCUT2D eigenvalue weighted by Gasteiger charge is -2.45. The van der Waals surface area contributed by atoms with Crippen LogP contribution >= 0.6 is 11.6 Å². The van der Waals surface area contributed by atoms with Crippen molar-refractivity contribution in [1.29, 1.82) is 0 Å². The van der Waals surface area contributed by atoms with Gasteiger partial charge in [0.25, 0.3) is 0 Å². The maximum atomic E-state index is 13.7. The molecular formula is C28H33ClF4N4O3. The molecule has 0 bridgehead atoms. The van der Waals surface area contributed by atoms with Crippen LogP contribution in [0.3, 0.4) is 0 Å². The van der Waals surface area contributed by atoms with Gasteiger partial charge in [0.15, 0.2) is 0 Å². The highest BCUT2D eigenvalue weighted by atomic mass is 35.5. The first-order chi connectivity index (χ1) is 18.9. The third kappa shape index (κ3) is 8.41. The molecular weight excluding hydrogens is 552 g/mol. The predicted molar refractivity (Wildman–Crippen MR) is 143 cm³/mol. The van der Waals surface area contributed by atoms with Crippen LogP contribution < -0.4 is 10.6 Å². The third-order valence-corrected chi connectivity index (χ3v) is 7.22. The zero-order valence-electron chi connectivity index (χ0n) is 22.3. The van der Waals surface area contributed by atoms with Gasteiger partial charge in [-0.25, -0.2) is 4.39 Å². The van der Waals surface area contributed by atoms with Crippen LogP contribution in [0, 0.1) is 5.82 Å². The Kier molecular flexibility index (Phi) is 10.9. The topological polar surface area (TPSA) is 81.8 Å². The van der Waals surface area contributed by atoms with E-state index in [-0.39, 0.29) is 18.9 Å². The number of carbonyl (C=O) groups excluding carboxylic acids is 3. The highest BCUT2D eigenvalue weighted by molar-refractivity contribution is 6.30. The number of carbonyl (C=O) groups is 3. The van der Waals surface area contributed by atoms with Crippen molar-refractivity contribution in [2.75, 3.05) is 26.7 Å². The van der Waals surface area contributed by atoms with Crippen LogP contribution in [0.1, 0.15) is 30.9 Å². The molecule has 2 aromatic carbocycles. The number of alkyl halides is 3. The summed E-state index contributed by atoms with van der Waals surface area (Å²) in [6.07, 6.45) is -3.79. The zero-order chi connectivity index (χ0) is 29.4. The SMILES string of the molecule is CCCC1CN(C(Cc2ccc(Cl)cc2)C(=O)NC)CCN1C(=O)C(Cc1ccc(F)cc1)NC(=O)C(F)(F)F. The Hall–Kier alpha value is -3.18. The fourth-order valence-electron chi connectivity index (χ4n) is 4.93. The van der Waals surface area contributed by atoms with Crippen molar-refractivity contribution >= 4 is 29.3 Å². The van der Waals surface area contributed by atoms with E-state index in [4.69, 9.17) is 11.6 Å². The Morgan fingerprint density at radius 3 is 2.17 bits per heavy atom. The second kappa shape index (κ2) is 13.9. The number of piperazine rings is 1. The van der Waals surface area contributed by atoms with E-state index in [1.54, 1.807) is 19.2 Å². The largest absolute Gasteiger partial charge is 0.471 e. The van der Waals surface area contributed by atoms with Gasteiger partial charge in [0, 0.05) is 44.2 Å². The van der Waals surface area contributed by atoms with E-state index in [2.05, 4.69) is 5.32 Å². The molecule has 1 saturated heterocycles. The summed E-state index contributed by atoms with van der Waals surface area (Å²) in [4.78, 5) is 41.8. The summed E-state index contributed by atoms with van der Waals surface area (Å²) in [5, 5.41) is 5.11. The first-order valence-corrected chi connectivity index (χ1v) is 13.4. The second-order valence-corrected chi connectivity index (χ2v) is 10.2. The van der Waals surface area contributed by atoms with Gasteiger partial charge in [0.1, 0.15) is 11.9 Å². The van der Waals surface area contributed by atoms with Crippen LogP contribution in [0.4, 0.5) is 17.6 Å². The van der Waals surface area contributed by atoms with E-state index in [0.717, 1.165) is 17.7 Å². The molecule has 1 fully saturated rings. The molecule has 7 nitrogen and oxygen atoms in total. The van der Waals surface area contributed by atoms with Crippen molar-refractivity contribution in [2.24, 2.45) is 0 Å². The van der Waals surface area contributed by atoms with Crippen molar-refractivity contribution in [3.05, 3.63) is 70.5 Å². The van der Waals surface area contributed by atoms with Gasteiger partial charge in [0.05, 0.1) is 6.04 Å². The molecule has 40 heavy (non-hydrogen) atoms. The lowest BCUT2D eigenvalue weighted by Crippen LogP contribution is -2.63. The number of amides is 3. The fourth-order valence-corrected chi connectivity index (χ4v) is 5.05. The number of nitrogens with zero attached hydrogens (tertiary/aromatic N) is 2. The lowest BCUT2D eigenvalue weighted by molar-refractivity contribution is -0.175. The minimum Gasteiger partial charge on any atom is -0.358 e. The predicted octanol–water partition coefficient (Wildman–Crippen LogP) is 3.74. The number of rotatable bonds is 10. The Labute approximate surface area is 235 Å². The summed E-state index contributed by atoms with van der Waals surface area (Å²) in [7, 11) is 1.55. The molecule has 218 valence electrons. The molecule has 3 amide bonds. The first kappa shape index (κ1) is 31.3. The van der Waals surface area contributed by atoms with E-state index in [1.165, 1.54) is 17.0 Å². The molecule has 0 spiro atoms. The molecule has 0 saturated carbocycles. The maximum Gasteiger partial charge on any atom is 0.471 e. The average Bonchev–Trinajstić information content (AvgIpc) is 2.92. The first-order valence-electron chi connectivity index (χ1n) is 13.1. The zero-order valence-corrected chi connectivity index (χ0v) is 23.1. The van der Waals surface area contributed by atoms with Gasteiger partial charge in [-0.2, -0.15) is 13.2 Å². The number of hydrogen-bond acceptors (Lipinski definition) is 4. The molecule has 0 aliphatic carbocycles. The quantitative estimate of drug-likeness (QED) is 0.417. The molecule has 3 unspecified atom stereocenters. The molecule has 2 N–H and O–H groups in total. The molecule has 0 radical (unpaired) electrons. The van der Waals surface area contributed by atoms with E-state index in [9.17, 15) is 31.9 Å². The Morgan fingerprint density at radius 2 is 1.60 bits per heavy atom.